The van der Waals surface area contributed by atoms with Crippen molar-refractivity contribution in [3.63, 3.8) is 0 Å². The highest BCUT2D eigenvalue weighted by Crippen LogP contribution is 2.19. The van der Waals surface area contributed by atoms with Gasteiger partial charge in [-0.25, -0.2) is 4.79 Å². The number of esters is 1. The van der Waals surface area contributed by atoms with E-state index in [1.165, 1.54) is 4.90 Å². The number of nitrogens with zero attached hydrogens (tertiary/aromatic N) is 4. The quantitative estimate of drug-likeness (QED) is 0.472. The molecule has 188 valence electrons. The summed E-state index contributed by atoms with van der Waals surface area (Å²) in [6.45, 7) is 4.35. The van der Waals surface area contributed by atoms with Crippen molar-refractivity contribution in [3.05, 3.63) is 91.2 Å². The summed E-state index contributed by atoms with van der Waals surface area (Å²) in [6, 6.07) is 13.8. The van der Waals surface area contributed by atoms with E-state index in [4.69, 9.17) is 16.3 Å². The van der Waals surface area contributed by atoms with Crippen molar-refractivity contribution in [1.82, 2.24) is 19.2 Å². The third-order valence-corrected chi connectivity index (χ3v) is 6.34. The summed E-state index contributed by atoms with van der Waals surface area (Å²) in [5.41, 5.74) is 0.226. The molecule has 1 saturated heterocycles. The number of piperidine rings is 1. The summed E-state index contributed by atoms with van der Waals surface area (Å²) in [5.74, 6) is -1.47. The predicted octanol–water partition coefficient (Wildman–Crippen LogP) is 2.82. The Balaban J connectivity index is 1.78. The smallest absolute Gasteiger partial charge is 0.352 e. The van der Waals surface area contributed by atoms with E-state index in [9.17, 15) is 19.2 Å². The summed E-state index contributed by atoms with van der Waals surface area (Å²) in [4.78, 5) is 54.0. The van der Waals surface area contributed by atoms with Crippen molar-refractivity contribution >= 4 is 23.5 Å². The van der Waals surface area contributed by atoms with Crippen molar-refractivity contribution in [2.24, 2.45) is 5.92 Å². The van der Waals surface area contributed by atoms with Crippen LogP contribution in [0.2, 0.25) is 5.02 Å². The Hall–Kier alpha value is -3.72. The van der Waals surface area contributed by atoms with Crippen LogP contribution in [0.3, 0.4) is 0 Å². The van der Waals surface area contributed by atoms with E-state index in [0.717, 1.165) is 20.4 Å². The van der Waals surface area contributed by atoms with Gasteiger partial charge in [-0.15, -0.1) is 0 Å². The third kappa shape index (κ3) is 5.41. The van der Waals surface area contributed by atoms with Gasteiger partial charge in [0, 0.05) is 18.1 Å². The Bertz CT molecular complexity index is 1400. The van der Waals surface area contributed by atoms with Crippen LogP contribution in [0.4, 0.5) is 0 Å². The van der Waals surface area contributed by atoms with Gasteiger partial charge in [0.25, 0.3) is 11.5 Å². The highest BCUT2D eigenvalue weighted by molar-refractivity contribution is 6.30. The molecule has 10 heteroatoms. The van der Waals surface area contributed by atoms with Gasteiger partial charge in [0.15, 0.2) is 0 Å². The van der Waals surface area contributed by atoms with Gasteiger partial charge in [-0.1, -0.05) is 41.4 Å². The number of aryl methyl sites for hydroxylation is 1. The molecular formula is C26H27ClN4O5. The van der Waals surface area contributed by atoms with Crippen molar-refractivity contribution in [2.45, 2.75) is 33.2 Å². The van der Waals surface area contributed by atoms with E-state index in [1.807, 2.05) is 31.2 Å². The zero-order valence-corrected chi connectivity index (χ0v) is 20.9. The van der Waals surface area contributed by atoms with E-state index in [2.05, 4.69) is 5.10 Å². The van der Waals surface area contributed by atoms with Crippen LogP contribution >= 0.6 is 11.6 Å². The fraction of sp³-hybridized carbons (Fsp3) is 0.346. The van der Waals surface area contributed by atoms with Crippen LogP contribution in [-0.4, -0.2) is 50.8 Å². The minimum Gasteiger partial charge on any atom is -0.466 e. The number of carbonyl (C=O) groups excluding carboxylic acids is 2. The normalized spacial score (nSPS) is 15.5. The number of hydrogen-bond acceptors (Lipinski definition) is 6. The van der Waals surface area contributed by atoms with E-state index in [0.29, 0.717) is 30.1 Å². The summed E-state index contributed by atoms with van der Waals surface area (Å²) in [7, 11) is 0. The molecule has 0 bridgehead atoms. The number of hydrogen-bond donors (Lipinski definition) is 0. The van der Waals surface area contributed by atoms with E-state index < -0.39 is 23.1 Å². The highest BCUT2D eigenvalue weighted by Gasteiger charge is 2.32. The monoisotopic (exact) mass is 510 g/mol. The maximum Gasteiger partial charge on any atom is 0.352 e. The molecule has 36 heavy (non-hydrogen) atoms. The number of amides is 1. The van der Waals surface area contributed by atoms with Crippen LogP contribution in [0.25, 0.3) is 5.69 Å². The maximum atomic E-state index is 13.5. The first-order valence-electron chi connectivity index (χ1n) is 11.8. The average molecular weight is 511 g/mol. The Morgan fingerprint density at radius 1 is 1.14 bits per heavy atom. The van der Waals surface area contributed by atoms with Gasteiger partial charge in [0.1, 0.15) is 0 Å². The molecule has 4 rings (SSSR count). The summed E-state index contributed by atoms with van der Waals surface area (Å²) in [5, 5.41) is 4.66. The summed E-state index contributed by atoms with van der Waals surface area (Å²) in [6.07, 6.45) is 1.18. The lowest BCUT2D eigenvalue weighted by Crippen LogP contribution is -2.49. The number of halogens is 1. The largest absolute Gasteiger partial charge is 0.466 e. The minimum atomic E-state index is -0.782. The number of carbonyl (C=O) groups is 2. The predicted molar refractivity (Wildman–Crippen MR) is 135 cm³/mol. The van der Waals surface area contributed by atoms with Gasteiger partial charge < -0.3 is 9.64 Å². The second-order valence-corrected chi connectivity index (χ2v) is 9.18. The van der Waals surface area contributed by atoms with Crippen LogP contribution in [-0.2, 0) is 16.1 Å². The Kier molecular flexibility index (Phi) is 7.69. The molecule has 0 N–H and O–H groups in total. The molecule has 0 saturated carbocycles. The second kappa shape index (κ2) is 10.9. The standard InChI is InChI=1S/C26H27ClN4O5/c1-3-36-25(34)19-8-5-13-29(16-19)23(32)22-24(33)30(15-18-7-4-6-17(2)14-18)26(35)31(28-22)21-11-9-20(27)10-12-21/h4,6-7,9-12,14,19H,3,5,8,13,15-16H2,1-2H3. The first kappa shape index (κ1) is 25.4. The number of rotatable bonds is 6. The van der Waals surface area contributed by atoms with Gasteiger partial charge >= 0.3 is 11.7 Å². The van der Waals surface area contributed by atoms with Crippen molar-refractivity contribution < 1.29 is 14.3 Å². The number of benzene rings is 2. The third-order valence-electron chi connectivity index (χ3n) is 6.09. The van der Waals surface area contributed by atoms with Gasteiger partial charge in [-0.2, -0.15) is 9.78 Å². The zero-order chi connectivity index (χ0) is 25.8. The lowest BCUT2D eigenvalue weighted by Gasteiger charge is -2.31. The average Bonchev–Trinajstić information content (AvgIpc) is 2.87. The fourth-order valence-corrected chi connectivity index (χ4v) is 4.42. The van der Waals surface area contributed by atoms with Gasteiger partial charge in [-0.05, 0) is 56.5 Å². The molecule has 1 aliphatic heterocycles. The molecule has 0 radical (unpaired) electrons. The number of likely N-dealkylation sites (tertiary alicyclic amines) is 1. The number of ether oxygens (including phenoxy) is 1. The molecule has 2 aromatic carbocycles. The maximum absolute atomic E-state index is 13.5. The highest BCUT2D eigenvalue weighted by atomic mass is 35.5. The van der Waals surface area contributed by atoms with Gasteiger partial charge in [0.2, 0.25) is 5.69 Å². The molecule has 1 fully saturated rings. The zero-order valence-electron chi connectivity index (χ0n) is 20.1. The minimum absolute atomic E-state index is 0.0266. The molecule has 9 nitrogen and oxygen atoms in total. The van der Waals surface area contributed by atoms with Crippen LogP contribution in [0, 0.1) is 12.8 Å². The van der Waals surface area contributed by atoms with E-state index in [-0.39, 0.29) is 31.4 Å². The summed E-state index contributed by atoms with van der Waals surface area (Å²) >= 11 is 6.00. The topological polar surface area (TPSA) is 104 Å². The van der Waals surface area contributed by atoms with Crippen LogP contribution in [0.15, 0.2) is 58.1 Å². The molecule has 1 atom stereocenters. The van der Waals surface area contributed by atoms with Crippen LogP contribution in [0.1, 0.15) is 41.4 Å². The molecule has 1 unspecified atom stereocenters. The molecule has 0 spiro atoms. The number of aromatic nitrogens is 3. The van der Waals surface area contributed by atoms with E-state index >= 15 is 0 Å². The van der Waals surface area contributed by atoms with Crippen LogP contribution < -0.4 is 11.2 Å². The van der Waals surface area contributed by atoms with Crippen molar-refractivity contribution in [3.8, 4) is 5.69 Å². The molecule has 0 aliphatic carbocycles. The lowest BCUT2D eigenvalue weighted by atomic mass is 9.98. The first-order valence-corrected chi connectivity index (χ1v) is 12.2. The SMILES string of the molecule is CCOC(=O)C1CCCN(C(=O)c2nn(-c3ccc(Cl)cc3)c(=O)n(Cc3cccc(C)c3)c2=O)C1. The Morgan fingerprint density at radius 3 is 2.58 bits per heavy atom. The fourth-order valence-electron chi connectivity index (χ4n) is 4.30. The molecule has 1 aromatic heterocycles. The van der Waals surface area contributed by atoms with Crippen molar-refractivity contribution in [2.75, 3.05) is 19.7 Å². The lowest BCUT2D eigenvalue weighted by molar-refractivity contribution is -0.149. The van der Waals surface area contributed by atoms with E-state index in [1.54, 1.807) is 31.2 Å². The van der Waals surface area contributed by atoms with Crippen molar-refractivity contribution in [1.29, 1.82) is 0 Å². The molecule has 2 heterocycles. The molecule has 1 amide bonds. The second-order valence-electron chi connectivity index (χ2n) is 8.74. The van der Waals surface area contributed by atoms with Gasteiger partial charge in [-0.3, -0.25) is 19.0 Å². The Morgan fingerprint density at radius 2 is 1.89 bits per heavy atom. The van der Waals surface area contributed by atoms with Crippen LogP contribution in [0.5, 0.6) is 0 Å². The van der Waals surface area contributed by atoms with Gasteiger partial charge in [0.05, 0.1) is 24.8 Å². The molecule has 3 aromatic rings. The first-order chi connectivity index (χ1) is 17.3. The molecular weight excluding hydrogens is 484 g/mol. The summed E-state index contributed by atoms with van der Waals surface area (Å²) < 4.78 is 7.17. The molecule has 1 aliphatic rings. The Labute approximate surface area is 212 Å².